The molecular weight excluding hydrogens is 430 g/mol. The summed E-state index contributed by atoms with van der Waals surface area (Å²) in [6.45, 7) is 13.5. The highest BCUT2D eigenvalue weighted by atomic mass is 32.2. The molecular formula is C23H45N3O5S. The highest BCUT2D eigenvalue weighted by Gasteiger charge is 2.34. The van der Waals surface area contributed by atoms with Gasteiger partial charge in [0, 0.05) is 31.2 Å². The van der Waals surface area contributed by atoms with E-state index in [0.29, 0.717) is 19.1 Å². The number of likely N-dealkylation sites (tertiary alicyclic amines) is 2. The first-order chi connectivity index (χ1) is 14.9. The SMILES string of the molecule is CC[C@H](C)O[C@H](COC(=O)N1CCC(N2CCCCC2)CC1)CN(C(C)(C)C)S(C)(=O)=O. The Kier molecular flexibility index (Phi) is 10.2. The maximum atomic E-state index is 12.7. The Labute approximate surface area is 195 Å². The highest BCUT2D eigenvalue weighted by Crippen LogP contribution is 2.22. The summed E-state index contributed by atoms with van der Waals surface area (Å²) in [7, 11) is -3.44. The Bertz CT molecular complexity index is 680. The van der Waals surface area contributed by atoms with E-state index in [2.05, 4.69) is 4.90 Å². The summed E-state index contributed by atoms with van der Waals surface area (Å²) >= 11 is 0. The van der Waals surface area contributed by atoms with Gasteiger partial charge in [0.05, 0.1) is 12.4 Å². The molecule has 2 aliphatic heterocycles. The van der Waals surface area contributed by atoms with Crippen molar-refractivity contribution in [3.8, 4) is 0 Å². The van der Waals surface area contributed by atoms with Crippen LogP contribution in [0.15, 0.2) is 0 Å². The number of carbonyl (C=O) groups excluding carboxylic acids is 1. The molecule has 2 saturated heterocycles. The molecule has 0 aromatic carbocycles. The number of piperidine rings is 2. The van der Waals surface area contributed by atoms with E-state index in [-0.39, 0.29) is 25.3 Å². The van der Waals surface area contributed by atoms with Crippen LogP contribution in [0.1, 0.15) is 73.1 Å². The minimum absolute atomic E-state index is 0.0390. The fourth-order valence-electron chi connectivity index (χ4n) is 4.60. The smallest absolute Gasteiger partial charge is 0.409 e. The van der Waals surface area contributed by atoms with Crippen LogP contribution < -0.4 is 0 Å². The molecule has 0 aromatic rings. The van der Waals surface area contributed by atoms with E-state index in [9.17, 15) is 13.2 Å². The van der Waals surface area contributed by atoms with Crippen LogP contribution in [-0.2, 0) is 19.5 Å². The normalized spacial score (nSPS) is 21.5. The zero-order valence-corrected chi connectivity index (χ0v) is 21.8. The molecule has 0 bridgehead atoms. The Morgan fingerprint density at radius 2 is 1.69 bits per heavy atom. The number of ether oxygens (including phenoxy) is 2. The Hall–Kier alpha value is -0.900. The van der Waals surface area contributed by atoms with Crippen LogP contribution in [0.5, 0.6) is 0 Å². The maximum Gasteiger partial charge on any atom is 0.409 e. The van der Waals surface area contributed by atoms with E-state index < -0.39 is 21.7 Å². The molecule has 9 heteroatoms. The van der Waals surface area contributed by atoms with Crippen molar-refractivity contribution in [3.05, 3.63) is 0 Å². The summed E-state index contributed by atoms with van der Waals surface area (Å²) in [6, 6.07) is 0.566. The zero-order valence-electron chi connectivity index (χ0n) is 21.0. The molecule has 0 aromatic heterocycles. The summed E-state index contributed by atoms with van der Waals surface area (Å²) in [4.78, 5) is 17.1. The lowest BCUT2D eigenvalue weighted by atomic mass is 10.0. The minimum atomic E-state index is -3.44. The Balaban J connectivity index is 1.91. The largest absolute Gasteiger partial charge is 0.447 e. The van der Waals surface area contributed by atoms with Gasteiger partial charge in [-0.3, -0.25) is 0 Å². The molecule has 0 aliphatic carbocycles. The van der Waals surface area contributed by atoms with E-state index in [1.165, 1.54) is 42.9 Å². The molecule has 0 N–H and O–H groups in total. The van der Waals surface area contributed by atoms with Gasteiger partial charge in [-0.1, -0.05) is 13.3 Å². The van der Waals surface area contributed by atoms with Crippen LogP contribution in [0, 0.1) is 0 Å². The molecule has 0 spiro atoms. The summed E-state index contributed by atoms with van der Waals surface area (Å²) in [5.41, 5.74) is -0.592. The van der Waals surface area contributed by atoms with Gasteiger partial charge >= 0.3 is 6.09 Å². The average Bonchev–Trinajstić information content (AvgIpc) is 2.74. The van der Waals surface area contributed by atoms with E-state index in [1.54, 1.807) is 4.90 Å². The quantitative estimate of drug-likeness (QED) is 0.509. The van der Waals surface area contributed by atoms with Crippen molar-refractivity contribution < 1.29 is 22.7 Å². The first-order valence-corrected chi connectivity index (χ1v) is 14.1. The van der Waals surface area contributed by atoms with Crippen LogP contribution in [0.2, 0.25) is 0 Å². The van der Waals surface area contributed by atoms with E-state index in [4.69, 9.17) is 9.47 Å². The van der Waals surface area contributed by atoms with Crippen molar-refractivity contribution in [1.82, 2.24) is 14.1 Å². The monoisotopic (exact) mass is 475 g/mol. The third-order valence-electron chi connectivity index (χ3n) is 6.54. The standard InChI is InChI=1S/C23H45N3O5S/c1-7-19(2)31-21(17-26(23(3,4)5)32(6,28)29)18-30-22(27)25-15-11-20(12-16-25)24-13-9-8-10-14-24/h19-21H,7-18H2,1-6H3/t19-,21-/m0/s1. The Morgan fingerprint density at radius 3 is 2.19 bits per heavy atom. The second-order valence-corrected chi connectivity index (χ2v) is 12.2. The van der Waals surface area contributed by atoms with Gasteiger partial charge in [0.1, 0.15) is 12.7 Å². The number of carbonyl (C=O) groups is 1. The van der Waals surface area contributed by atoms with Crippen LogP contribution in [-0.4, -0.2) is 98.0 Å². The van der Waals surface area contributed by atoms with Gasteiger partial charge in [-0.05, 0) is 72.9 Å². The van der Waals surface area contributed by atoms with Gasteiger partial charge < -0.3 is 19.3 Å². The van der Waals surface area contributed by atoms with Crippen molar-refractivity contribution >= 4 is 16.1 Å². The molecule has 0 radical (unpaired) electrons. The first-order valence-electron chi connectivity index (χ1n) is 12.2. The molecule has 2 rings (SSSR count). The molecule has 0 saturated carbocycles. The Morgan fingerprint density at radius 1 is 1.09 bits per heavy atom. The fourth-order valence-corrected chi connectivity index (χ4v) is 6.04. The van der Waals surface area contributed by atoms with Crippen LogP contribution in [0.3, 0.4) is 0 Å². The summed E-state index contributed by atoms with van der Waals surface area (Å²) in [5.74, 6) is 0. The fraction of sp³-hybridized carbons (Fsp3) is 0.957. The van der Waals surface area contributed by atoms with E-state index in [1.807, 2.05) is 34.6 Å². The molecule has 1 amide bonds. The number of rotatable bonds is 9. The first kappa shape index (κ1) is 27.3. The lowest BCUT2D eigenvalue weighted by Crippen LogP contribution is -2.51. The number of sulfonamides is 1. The van der Waals surface area contributed by atoms with Gasteiger partial charge in [0.15, 0.2) is 0 Å². The number of hydrogen-bond acceptors (Lipinski definition) is 6. The summed E-state index contributed by atoms with van der Waals surface area (Å²) in [5, 5.41) is 0. The van der Waals surface area contributed by atoms with Gasteiger partial charge in [0.2, 0.25) is 10.0 Å². The second-order valence-electron chi connectivity index (χ2n) is 10.3. The molecule has 2 heterocycles. The molecule has 2 aliphatic rings. The number of nitrogens with zero attached hydrogens (tertiary/aromatic N) is 3. The third kappa shape index (κ3) is 8.47. The lowest BCUT2D eigenvalue weighted by Gasteiger charge is -2.40. The van der Waals surface area contributed by atoms with Gasteiger partial charge in [-0.15, -0.1) is 0 Å². The molecule has 8 nitrogen and oxygen atoms in total. The predicted octanol–water partition coefficient (Wildman–Crippen LogP) is 3.32. The zero-order chi connectivity index (χ0) is 23.9. The predicted molar refractivity (Wildman–Crippen MR) is 127 cm³/mol. The maximum absolute atomic E-state index is 12.7. The van der Waals surface area contributed by atoms with Crippen LogP contribution in [0.4, 0.5) is 4.79 Å². The van der Waals surface area contributed by atoms with Crippen molar-refractivity contribution in [3.63, 3.8) is 0 Å². The topological polar surface area (TPSA) is 79.4 Å². The van der Waals surface area contributed by atoms with Gasteiger partial charge in [0.25, 0.3) is 0 Å². The highest BCUT2D eigenvalue weighted by molar-refractivity contribution is 7.88. The van der Waals surface area contributed by atoms with Crippen molar-refractivity contribution in [2.45, 2.75) is 96.9 Å². The number of amides is 1. The van der Waals surface area contributed by atoms with Crippen molar-refractivity contribution in [1.29, 1.82) is 0 Å². The average molecular weight is 476 g/mol. The lowest BCUT2D eigenvalue weighted by molar-refractivity contribution is -0.0529. The number of hydrogen-bond donors (Lipinski definition) is 0. The summed E-state index contributed by atoms with van der Waals surface area (Å²) < 4.78 is 37.8. The van der Waals surface area contributed by atoms with E-state index >= 15 is 0 Å². The molecule has 188 valence electrons. The van der Waals surface area contributed by atoms with Crippen LogP contribution >= 0.6 is 0 Å². The third-order valence-corrected chi connectivity index (χ3v) is 8.04. The molecule has 2 fully saturated rings. The van der Waals surface area contributed by atoms with E-state index in [0.717, 1.165) is 19.3 Å². The van der Waals surface area contributed by atoms with Gasteiger partial charge in [-0.2, -0.15) is 4.31 Å². The summed E-state index contributed by atoms with van der Waals surface area (Å²) in [6.07, 6.45) is 6.93. The van der Waals surface area contributed by atoms with Crippen molar-refractivity contribution in [2.75, 3.05) is 45.6 Å². The molecule has 2 atom stereocenters. The molecule has 0 unspecified atom stereocenters. The van der Waals surface area contributed by atoms with Gasteiger partial charge in [-0.25, -0.2) is 13.2 Å². The van der Waals surface area contributed by atoms with Crippen LogP contribution in [0.25, 0.3) is 0 Å². The second kappa shape index (κ2) is 12.0. The minimum Gasteiger partial charge on any atom is -0.447 e. The molecule has 32 heavy (non-hydrogen) atoms. The van der Waals surface area contributed by atoms with Crippen molar-refractivity contribution in [2.24, 2.45) is 0 Å².